The predicted molar refractivity (Wildman–Crippen MR) is 113 cm³/mol. The molecule has 0 radical (unpaired) electrons. The van der Waals surface area contributed by atoms with E-state index in [1.807, 2.05) is 62.4 Å². The number of aromatic hydroxyl groups is 2. The zero-order valence-electron chi connectivity index (χ0n) is 15.9. The Morgan fingerprint density at radius 2 is 0.964 bits per heavy atom. The molecule has 0 unspecified atom stereocenters. The van der Waals surface area contributed by atoms with Crippen molar-refractivity contribution in [3.8, 4) is 34.1 Å². The van der Waals surface area contributed by atoms with Gasteiger partial charge in [0.05, 0.1) is 13.2 Å². The maximum Gasteiger partial charge on any atom is 0.131 e. The summed E-state index contributed by atoms with van der Waals surface area (Å²) >= 11 is 0. The Hall–Kier alpha value is -3.40. The molecule has 28 heavy (non-hydrogen) atoms. The monoisotopic (exact) mass is 374 g/mol. The summed E-state index contributed by atoms with van der Waals surface area (Å²) in [6.07, 6.45) is 0. The van der Waals surface area contributed by atoms with Crippen molar-refractivity contribution in [2.24, 2.45) is 0 Å². The lowest BCUT2D eigenvalue weighted by molar-refractivity contribution is 0.343. The quantitative estimate of drug-likeness (QED) is 0.459. The molecule has 0 saturated carbocycles. The fraction of sp³-hybridized carbons (Fsp3) is 0.167. The average molecular weight is 374 g/mol. The van der Waals surface area contributed by atoms with E-state index in [2.05, 4.69) is 0 Å². The molecule has 4 aromatic rings. The summed E-state index contributed by atoms with van der Waals surface area (Å²) in [6.45, 7) is 4.84. The van der Waals surface area contributed by atoms with Gasteiger partial charge in [0, 0.05) is 32.7 Å². The molecule has 0 aromatic heterocycles. The predicted octanol–water partition coefficient (Wildman–Crippen LogP) is 5.87. The minimum absolute atomic E-state index is 0.104. The standard InChI is InChI=1S/C24H22O4/c1-3-27-21-13-19(23(25)17-11-7-5-9-15(17)21)20-14-22(28-4-2)16-10-6-8-12-18(16)24(20)26/h5-14,25-26H,3-4H2,1-2H3. The van der Waals surface area contributed by atoms with Gasteiger partial charge in [-0.1, -0.05) is 48.5 Å². The van der Waals surface area contributed by atoms with Gasteiger partial charge in [0.15, 0.2) is 0 Å². The van der Waals surface area contributed by atoms with Crippen molar-refractivity contribution in [2.45, 2.75) is 13.8 Å². The zero-order valence-corrected chi connectivity index (χ0v) is 15.9. The summed E-state index contributed by atoms with van der Waals surface area (Å²) in [6, 6.07) is 18.6. The zero-order chi connectivity index (χ0) is 19.7. The van der Waals surface area contributed by atoms with E-state index in [0.717, 1.165) is 10.8 Å². The first-order valence-corrected chi connectivity index (χ1v) is 9.41. The fourth-order valence-corrected chi connectivity index (χ4v) is 3.61. The van der Waals surface area contributed by atoms with Gasteiger partial charge >= 0.3 is 0 Å². The van der Waals surface area contributed by atoms with Gasteiger partial charge in [-0.2, -0.15) is 0 Å². The van der Waals surface area contributed by atoms with E-state index in [-0.39, 0.29) is 11.5 Å². The molecular formula is C24H22O4. The number of benzene rings is 4. The Labute approximate surface area is 163 Å². The largest absolute Gasteiger partial charge is 0.507 e. The Balaban J connectivity index is 2.06. The van der Waals surface area contributed by atoms with E-state index in [0.29, 0.717) is 46.6 Å². The van der Waals surface area contributed by atoms with Crippen molar-refractivity contribution in [2.75, 3.05) is 13.2 Å². The lowest BCUT2D eigenvalue weighted by Crippen LogP contribution is -1.96. The number of phenolic OH excluding ortho intramolecular Hbond substituents is 2. The van der Waals surface area contributed by atoms with Crippen LogP contribution in [-0.4, -0.2) is 23.4 Å². The summed E-state index contributed by atoms with van der Waals surface area (Å²) in [5.74, 6) is 1.53. The fourth-order valence-electron chi connectivity index (χ4n) is 3.61. The molecule has 0 heterocycles. The van der Waals surface area contributed by atoms with Gasteiger partial charge in [0.2, 0.25) is 0 Å². The van der Waals surface area contributed by atoms with Crippen molar-refractivity contribution >= 4 is 21.5 Å². The smallest absolute Gasteiger partial charge is 0.131 e. The van der Waals surface area contributed by atoms with Crippen LogP contribution in [0.25, 0.3) is 32.7 Å². The Morgan fingerprint density at radius 3 is 1.32 bits per heavy atom. The molecule has 0 atom stereocenters. The Bertz CT molecular complexity index is 1070. The van der Waals surface area contributed by atoms with Crippen LogP contribution >= 0.6 is 0 Å². The van der Waals surface area contributed by atoms with Gasteiger partial charge in [0.25, 0.3) is 0 Å². The van der Waals surface area contributed by atoms with E-state index in [4.69, 9.17) is 9.47 Å². The first kappa shape index (κ1) is 18.0. The van der Waals surface area contributed by atoms with Crippen molar-refractivity contribution < 1.29 is 19.7 Å². The highest BCUT2D eigenvalue weighted by atomic mass is 16.5. The molecule has 142 valence electrons. The normalized spacial score (nSPS) is 11.1. The maximum absolute atomic E-state index is 11.0. The van der Waals surface area contributed by atoms with E-state index >= 15 is 0 Å². The molecule has 2 N–H and O–H groups in total. The summed E-state index contributed by atoms with van der Waals surface area (Å²) in [5.41, 5.74) is 1.01. The topological polar surface area (TPSA) is 58.9 Å². The van der Waals surface area contributed by atoms with Crippen molar-refractivity contribution in [3.05, 3.63) is 60.7 Å². The van der Waals surface area contributed by atoms with Crippen LogP contribution in [0.4, 0.5) is 0 Å². The van der Waals surface area contributed by atoms with Crippen LogP contribution in [-0.2, 0) is 0 Å². The van der Waals surface area contributed by atoms with E-state index in [1.165, 1.54) is 0 Å². The first-order valence-electron chi connectivity index (χ1n) is 9.41. The number of hydrogen-bond donors (Lipinski definition) is 2. The lowest BCUT2D eigenvalue weighted by Gasteiger charge is -2.17. The first-order chi connectivity index (χ1) is 13.7. The number of rotatable bonds is 5. The number of fused-ring (bicyclic) bond motifs is 2. The highest BCUT2D eigenvalue weighted by molar-refractivity contribution is 6.04. The molecule has 0 aliphatic carbocycles. The third-order valence-electron chi connectivity index (χ3n) is 4.85. The SMILES string of the molecule is CCOc1cc(-c2cc(OCC)c3ccccc3c2O)c(O)c2ccccc12. The van der Waals surface area contributed by atoms with Crippen molar-refractivity contribution in [1.82, 2.24) is 0 Å². The van der Waals surface area contributed by atoms with Gasteiger partial charge in [0.1, 0.15) is 23.0 Å². The molecule has 4 heteroatoms. The highest BCUT2D eigenvalue weighted by Gasteiger charge is 2.19. The molecule has 0 saturated heterocycles. The van der Waals surface area contributed by atoms with Gasteiger partial charge in [-0.05, 0) is 26.0 Å². The summed E-state index contributed by atoms with van der Waals surface area (Å²) < 4.78 is 11.6. The molecule has 0 spiro atoms. The molecular weight excluding hydrogens is 352 g/mol. The molecule has 0 amide bonds. The minimum Gasteiger partial charge on any atom is -0.507 e. The Morgan fingerprint density at radius 1 is 0.607 bits per heavy atom. The van der Waals surface area contributed by atoms with Crippen LogP contribution in [0.2, 0.25) is 0 Å². The second-order valence-corrected chi connectivity index (χ2v) is 6.50. The van der Waals surface area contributed by atoms with Crippen LogP contribution in [0.1, 0.15) is 13.8 Å². The third-order valence-corrected chi connectivity index (χ3v) is 4.85. The molecule has 4 rings (SSSR count). The second kappa shape index (κ2) is 7.31. The second-order valence-electron chi connectivity index (χ2n) is 6.50. The molecule has 0 bridgehead atoms. The van der Waals surface area contributed by atoms with Gasteiger partial charge in [-0.15, -0.1) is 0 Å². The van der Waals surface area contributed by atoms with E-state index in [9.17, 15) is 10.2 Å². The summed E-state index contributed by atoms with van der Waals surface area (Å²) in [5, 5.41) is 25.0. The van der Waals surface area contributed by atoms with Gasteiger partial charge in [-0.25, -0.2) is 0 Å². The minimum atomic E-state index is 0.104. The van der Waals surface area contributed by atoms with Crippen LogP contribution < -0.4 is 9.47 Å². The average Bonchev–Trinajstić information content (AvgIpc) is 2.73. The van der Waals surface area contributed by atoms with Crippen molar-refractivity contribution in [3.63, 3.8) is 0 Å². The maximum atomic E-state index is 11.0. The lowest BCUT2D eigenvalue weighted by atomic mass is 9.95. The van der Waals surface area contributed by atoms with Crippen LogP contribution in [0.3, 0.4) is 0 Å². The Kier molecular flexibility index (Phi) is 4.70. The van der Waals surface area contributed by atoms with Gasteiger partial charge < -0.3 is 19.7 Å². The molecule has 0 aliphatic rings. The highest BCUT2D eigenvalue weighted by Crippen LogP contribution is 2.47. The summed E-state index contributed by atoms with van der Waals surface area (Å²) in [7, 11) is 0. The van der Waals surface area contributed by atoms with Gasteiger partial charge in [-0.3, -0.25) is 0 Å². The van der Waals surface area contributed by atoms with Crippen LogP contribution in [0, 0.1) is 0 Å². The van der Waals surface area contributed by atoms with E-state index in [1.54, 1.807) is 12.1 Å². The van der Waals surface area contributed by atoms with Crippen LogP contribution in [0.15, 0.2) is 60.7 Å². The molecule has 4 aromatic carbocycles. The van der Waals surface area contributed by atoms with Crippen LogP contribution in [0.5, 0.6) is 23.0 Å². The molecule has 0 fully saturated rings. The number of ether oxygens (including phenoxy) is 2. The van der Waals surface area contributed by atoms with E-state index < -0.39 is 0 Å². The molecule has 4 nitrogen and oxygen atoms in total. The number of hydrogen-bond acceptors (Lipinski definition) is 4. The third kappa shape index (κ3) is 2.87. The molecule has 0 aliphatic heterocycles. The number of phenols is 2. The summed E-state index contributed by atoms with van der Waals surface area (Å²) in [4.78, 5) is 0. The van der Waals surface area contributed by atoms with Crippen molar-refractivity contribution in [1.29, 1.82) is 0 Å².